The highest BCUT2D eigenvalue weighted by atomic mass is 79.9. The van der Waals surface area contributed by atoms with Gasteiger partial charge in [0.05, 0.1) is 12.7 Å². The Kier molecular flexibility index (Phi) is 6.86. The third-order valence-electron chi connectivity index (χ3n) is 7.03. The molecule has 0 bridgehead atoms. The van der Waals surface area contributed by atoms with Gasteiger partial charge in [-0.3, -0.25) is 0 Å². The topological polar surface area (TPSA) is 48.1 Å². The van der Waals surface area contributed by atoms with Gasteiger partial charge < -0.3 is 13.9 Å². The van der Waals surface area contributed by atoms with Crippen molar-refractivity contribution < 1.29 is 18.7 Å². The van der Waals surface area contributed by atoms with Crippen molar-refractivity contribution in [1.82, 2.24) is 0 Å². The molecule has 3 atom stereocenters. The number of hydrogen-bond acceptors (Lipinski definition) is 4. The monoisotopic (exact) mass is 484 g/mol. The lowest BCUT2D eigenvalue weighted by Crippen LogP contribution is -2.51. The fourth-order valence-electron chi connectivity index (χ4n) is 4.37. The molecule has 0 unspecified atom stereocenters. The molecule has 0 spiro atoms. The standard InChI is InChI=1S/C23H37BrO4Si/c1-20(2,3)29(8,9)27-18-15-21(4,5)23(22(6,16-18)28-23)13-12-17(11-10-14-24)19(25)26-7/h10-14,18H,15-16H2,1-9H3/b13-12+,14-10+,17-11-/t18-,22+,23-/m0/s1. The van der Waals surface area contributed by atoms with Gasteiger partial charge in [0.2, 0.25) is 0 Å². The van der Waals surface area contributed by atoms with E-state index in [1.807, 2.05) is 6.08 Å². The molecule has 29 heavy (non-hydrogen) atoms. The van der Waals surface area contributed by atoms with Crippen LogP contribution in [0.5, 0.6) is 0 Å². The number of methoxy groups -OCH3 is 1. The van der Waals surface area contributed by atoms with Crippen LogP contribution in [0.15, 0.2) is 34.9 Å². The van der Waals surface area contributed by atoms with E-state index < -0.39 is 13.9 Å². The smallest absolute Gasteiger partial charge is 0.337 e. The average molecular weight is 486 g/mol. The Morgan fingerprint density at radius 2 is 1.83 bits per heavy atom. The Hall–Kier alpha value is -0.693. The van der Waals surface area contributed by atoms with Gasteiger partial charge in [-0.25, -0.2) is 4.79 Å². The second-order valence-electron chi connectivity index (χ2n) is 10.6. The molecule has 2 fully saturated rings. The highest BCUT2D eigenvalue weighted by Crippen LogP contribution is 2.66. The van der Waals surface area contributed by atoms with Crippen LogP contribution in [0.3, 0.4) is 0 Å². The number of carbonyl (C=O) groups is 1. The van der Waals surface area contributed by atoms with E-state index in [0.717, 1.165) is 12.8 Å². The number of esters is 1. The molecule has 164 valence electrons. The number of allylic oxidation sites excluding steroid dienone is 2. The summed E-state index contributed by atoms with van der Waals surface area (Å²) in [6.07, 6.45) is 9.36. The molecule has 1 aliphatic carbocycles. The van der Waals surface area contributed by atoms with Crippen molar-refractivity contribution in [3.63, 3.8) is 0 Å². The maximum Gasteiger partial charge on any atom is 0.337 e. The van der Waals surface area contributed by atoms with E-state index in [2.05, 4.69) is 76.6 Å². The van der Waals surface area contributed by atoms with Crippen molar-refractivity contribution >= 4 is 30.2 Å². The second-order valence-corrected chi connectivity index (χ2v) is 15.9. The van der Waals surface area contributed by atoms with E-state index in [4.69, 9.17) is 13.9 Å². The minimum absolute atomic E-state index is 0.115. The van der Waals surface area contributed by atoms with E-state index >= 15 is 0 Å². The van der Waals surface area contributed by atoms with Gasteiger partial charge in [-0.2, -0.15) is 0 Å². The summed E-state index contributed by atoms with van der Waals surface area (Å²) in [5, 5.41) is 0.181. The Balaban J connectivity index is 2.26. The summed E-state index contributed by atoms with van der Waals surface area (Å²) in [5.74, 6) is -0.363. The maximum atomic E-state index is 12.1. The van der Waals surface area contributed by atoms with Gasteiger partial charge in [-0.1, -0.05) is 56.6 Å². The first-order valence-electron chi connectivity index (χ1n) is 10.3. The Morgan fingerprint density at radius 3 is 2.31 bits per heavy atom. The average Bonchev–Trinajstić information content (AvgIpc) is 3.19. The molecule has 0 N–H and O–H groups in total. The Morgan fingerprint density at radius 1 is 1.21 bits per heavy atom. The molecular weight excluding hydrogens is 448 g/mol. The lowest BCUT2D eigenvalue weighted by molar-refractivity contribution is -0.135. The van der Waals surface area contributed by atoms with Crippen LogP contribution in [-0.2, 0) is 18.7 Å². The summed E-state index contributed by atoms with van der Waals surface area (Å²) < 4.78 is 18.1. The van der Waals surface area contributed by atoms with Crippen LogP contribution in [0.4, 0.5) is 0 Å². The molecule has 1 heterocycles. The molecule has 0 amide bonds. The zero-order valence-corrected chi connectivity index (χ0v) is 22.0. The van der Waals surface area contributed by atoms with E-state index in [1.165, 1.54) is 7.11 Å². The van der Waals surface area contributed by atoms with Gasteiger partial charge in [0.15, 0.2) is 8.32 Å². The third-order valence-corrected chi connectivity index (χ3v) is 11.9. The predicted octanol–water partition coefficient (Wildman–Crippen LogP) is 6.29. The van der Waals surface area contributed by atoms with Gasteiger partial charge >= 0.3 is 5.97 Å². The Labute approximate surface area is 186 Å². The number of hydrogen-bond donors (Lipinski definition) is 0. The summed E-state index contributed by atoms with van der Waals surface area (Å²) >= 11 is 3.23. The number of halogens is 1. The van der Waals surface area contributed by atoms with E-state index in [9.17, 15) is 4.79 Å². The third kappa shape index (κ3) is 4.65. The molecule has 6 heteroatoms. The minimum Gasteiger partial charge on any atom is -0.465 e. The van der Waals surface area contributed by atoms with Crippen molar-refractivity contribution in [2.24, 2.45) is 5.41 Å². The number of ether oxygens (including phenoxy) is 2. The second kappa shape index (κ2) is 8.10. The molecule has 2 aliphatic rings. The number of carbonyl (C=O) groups excluding carboxylic acids is 1. The molecule has 0 aromatic rings. The highest BCUT2D eigenvalue weighted by Gasteiger charge is 2.75. The van der Waals surface area contributed by atoms with Crippen LogP contribution in [0.25, 0.3) is 0 Å². The van der Waals surface area contributed by atoms with Crippen molar-refractivity contribution in [1.29, 1.82) is 0 Å². The van der Waals surface area contributed by atoms with Crippen LogP contribution in [0.2, 0.25) is 18.1 Å². The summed E-state index contributed by atoms with van der Waals surface area (Å²) in [7, 11) is -0.456. The molecule has 1 saturated carbocycles. The number of epoxide rings is 1. The highest BCUT2D eigenvalue weighted by molar-refractivity contribution is 9.11. The molecule has 4 nitrogen and oxygen atoms in total. The first-order chi connectivity index (χ1) is 13.1. The first-order valence-corrected chi connectivity index (χ1v) is 14.1. The van der Waals surface area contributed by atoms with Crippen LogP contribution >= 0.6 is 15.9 Å². The van der Waals surface area contributed by atoms with E-state index in [-0.39, 0.29) is 28.1 Å². The quantitative estimate of drug-likeness (QED) is 0.146. The first kappa shape index (κ1) is 24.6. The van der Waals surface area contributed by atoms with Crippen LogP contribution in [0, 0.1) is 5.41 Å². The van der Waals surface area contributed by atoms with E-state index in [0.29, 0.717) is 5.57 Å². The zero-order chi connectivity index (χ0) is 22.3. The van der Waals surface area contributed by atoms with Crippen molar-refractivity contribution in [3.8, 4) is 0 Å². The van der Waals surface area contributed by atoms with Crippen LogP contribution in [-0.4, -0.2) is 38.7 Å². The maximum absolute atomic E-state index is 12.1. The Bertz CT molecular complexity index is 732. The molecule has 2 rings (SSSR count). The van der Waals surface area contributed by atoms with Gasteiger partial charge in [-0.05, 0) is 54.7 Å². The van der Waals surface area contributed by atoms with E-state index in [1.54, 1.807) is 17.1 Å². The summed E-state index contributed by atoms with van der Waals surface area (Å²) in [4.78, 5) is 13.8. The largest absolute Gasteiger partial charge is 0.465 e. The minimum atomic E-state index is -1.85. The van der Waals surface area contributed by atoms with Gasteiger partial charge in [0.25, 0.3) is 0 Å². The van der Waals surface area contributed by atoms with Crippen molar-refractivity contribution in [2.75, 3.05) is 7.11 Å². The van der Waals surface area contributed by atoms with Gasteiger partial charge in [-0.15, -0.1) is 0 Å². The predicted molar refractivity (Wildman–Crippen MR) is 125 cm³/mol. The fraction of sp³-hybridized carbons (Fsp3) is 0.696. The fourth-order valence-corrected chi connectivity index (χ4v) is 5.88. The summed E-state index contributed by atoms with van der Waals surface area (Å²) in [6.45, 7) is 18.1. The zero-order valence-electron chi connectivity index (χ0n) is 19.4. The molecule has 1 aliphatic heterocycles. The van der Waals surface area contributed by atoms with Crippen molar-refractivity contribution in [3.05, 3.63) is 34.9 Å². The van der Waals surface area contributed by atoms with Crippen LogP contribution in [0.1, 0.15) is 54.4 Å². The SMILES string of the molecule is COC(=O)C(=C\C=C\Br)/C=C/[C@@]12O[C@]1(C)C[C@@H](O[Si](C)(C)C(C)(C)C)CC2(C)C. The summed E-state index contributed by atoms with van der Waals surface area (Å²) in [6, 6.07) is 0. The lowest BCUT2D eigenvalue weighted by atomic mass is 9.63. The van der Waals surface area contributed by atoms with Crippen LogP contribution < -0.4 is 0 Å². The molecular formula is C23H37BrO4Si. The number of fused-ring (bicyclic) bond motifs is 1. The molecule has 0 radical (unpaired) electrons. The molecule has 0 aromatic heterocycles. The molecule has 0 aromatic carbocycles. The lowest BCUT2D eigenvalue weighted by Gasteiger charge is -2.45. The van der Waals surface area contributed by atoms with Gasteiger partial charge in [0.1, 0.15) is 11.2 Å². The summed E-state index contributed by atoms with van der Waals surface area (Å²) in [5.41, 5.74) is -0.315. The van der Waals surface area contributed by atoms with Gasteiger partial charge in [0, 0.05) is 17.9 Å². The molecule has 1 saturated heterocycles. The normalized spacial score (nSPS) is 32.5. The number of rotatable bonds is 6. The van der Waals surface area contributed by atoms with Crippen molar-refractivity contribution in [2.45, 2.75) is 89.8 Å².